The van der Waals surface area contributed by atoms with Gasteiger partial charge in [0.15, 0.2) is 0 Å². The molecular weight excluding hydrogens is 317 g/mol. The topological polar surface area (TPSA) is 20.3 Å². The van der Waals surface area contributed by atoms with E-state index in [4.69, 9.17) is 0 Å². The Bertz CT molecular complexity index is 556. The van der Waals surface area contributed by atoms with Crippen molar-refractivity contribution in [3.63, 3.8) is 0 Å². The molecular formula is C13H11BrFNOS. The number of hydrogen-bond acceptors (Lipinski definition) is 2. The number of nitrogens with zero attached hydrogens (tertiary/aromatic N) is 1. The fourth-order valence-corrected chi connectivity index (χ4v) is 2.85. The van der Waals surface area contributed by atoms with Crippen LogP contribution in [-0.2, 0) is 6.54 Å². The molecule has 0 bridgehead atoms. The maximum atomic E-state index is 13.0. The van der Waals surface area contributed by atoms with E-state index >= 15 is 0 Å². The zero-order valence-electron chi connectivity index (χ0n) is 9.69. The Labute approximate surface area is 117 Å². The first-order chi connectivity index (χ1) is 8.58. The summed E-state index contributed by atoms with van der Waals surface area (Å²) in [6, 6.07) is 8.01. The molecule has 0 N–H and O–H groups in total. The zero-order valence-corrected chi connectivity index (χ0v) is 12.1. The van der Waals surface area contributed by atoms with Crippen molar-refractivity contribution in [2.45, 2.75) is 6.54 Å². The number of hydrogen-bond donors (Lipinski definition) is 0. The lowest BCUT2D eigenvalue weighted by Crippen LogP contribution is -2.26. The molecule has 0 fully saturated rings. The average Bonchev–Trinajstić information content (AvgIpc) is 2.81. The van der Waals surface area contributed by atoms with E-state index in [-0.39, 0.29) is 11.7 Å². The quantitative estimate of drug-likeness (QED) is 0.836. The smallest absolute Gasteiger partial charge is 0.255 e. The molecule has 2 rings (SSSR count). The summed E-state index contributed by atoms with van der Waals surface area (Å²) in [7, 11) is 1.73. The fraction of sp³-hybridized carbons (Fsp3) is 0.154. The Morgan fingerprint density at radius 3 is 2.83 bits per heavy atom. The molecule has 0 saturated carbocycles. The summed E-state index contributed by atoms with van der Waals surface area (Å²) in [5, 5.41) is 1.97. The van der Waals surface area contributed by atoms with Crippen molar-refractivity contribution in [3.8, 4) is 0 Å². The third-order valence-electron chi connectivity index (χ3n) is 2.48. The molecule has 0 unspecified atom stereocenters. The standard InChI is InChI=1S/C13H11BrFNOS/c1-16(8-10-3-2-6-18-10)13(17)11-5-4-9(15)7-12(11)14/h2-7H,8H2,1H3. The zero-order chi connectivity index (χ0) is 13.1. The van der Waals surface area contributed by atoms with Crippen LogP contribution >= 0.6 is 27.3 Å². The molecule has 5 heteroatoms. The number of benzene rings is 1. The van der Waals surface area contributed by atoms with E-state index in [1.54, 1.807) is 23.3 Å². The van der Waals surface area contributed by atoms with Crippen LogP contribution in [0.15, 0.2) is 40.2 Å². The summed E-state index contributed by atoms with van der Waals surface area (Å²) in [5.41, 5.74) is 0.468. The molecule has 1 amide bonds. The van der Waals surface area contributed by atoms with E-state index in [1.165, 1.54) is 18.2 Å². The number of carbonyl (C=O) groups is 1. The van der Waals surface area contributed by atoms with Crippen LogP contribution in [-0.4, -0.2) is 17.9 Å². The van der Waals surface area contributed by atoms with Gasteiger partial charge in [-0.2, -0.15) is 0 Å². The van der Waals surface area contributed by atoms with Gasteiger partial charge in [-0.15, -0.1) is 11.3 Å². The second kappa shape index (κ2) is 5.63. The molecule has 2 nitrogen and oxygen atoms in total. The number of amides is 1. The van der Waals surface area contributed by atoms with Gasteiger partial charge in [0, 0.05) is 16.4 Å². The van der Waals surface area contributed by atoms with Crippen molar-refractivity contribution in [3.05, 3.63) is 56.4 Å². The Morgan fingerprint density at radius 2 is 2.22 bits per heavy atom. The lowest BCUT2D eigenvalue weighted by molar-refractivity contribution is 0.0785. The summed E-state index contributed by atoms with van der Waals surface area (Å²) < 4.78 is 13.4. The van der Waals surface area contributed by atoms with Gasteiger partial charge in [-0.1, -0.05) is 6.07 Å². The summed E-state index contributed by atoms with van der Waals surface area (Å²) in [4.78, 5) is 14.9. The van der Waals surface area contributed by atoms with Crippen molar-refractivity contribution in [1.82, 2.24) is 4.90 Å². The predicted molar refractivity (Wildman–Crippen MR) is 74.2 cm³/mol. The minimum atomic E-state index is -0.362. The van der Waals surface area contributed by atoms with Gasteiger partial charge in [-0.25, -0.2) is 4.39 Å². The lowest BCUT2D eigenvalue weighted by Gasteiger charge is -2.17. The summed E-state index contributed by atoms with van der Waals surface area (Å²) in [6.45, 7) is 0.556. The molecule has 0 aliphatic carbocycles. The van der Waals surface area contributed by atoms with Crippen LogP contribution in [0.5, 0.6) is 0 Å². The first-order valence-corrected chi connectivity index (χ1v) is 6.98. The van der Waals surface area contributed by atoms with Gasteiger partial charge in [0.1, 0.15) is 5.82 Å². The van der Waals surface area contributed by atoms with Gasteiger partial charge in [0.25, 0.3) is 5.91 Å². The third kappa shape index (κ3) is 2.97. The highest BCUT2D eigenvalue weighted by Gasteiger charge is 2.15. The lowest BCUT2D eigenvalue weighted by atomic mass is 10.2. The largest absolute Gasteiger partial charge is 0.337 e. The van der Waals surface area contributed by atoms with Gasteiger partial charge in [0.2, 0.25) is 0 Å². The third-order valence-corrected chi connectivity index (χ3v) is 4.00. The van der Waals surface area contributed by atoms with Crippen molar-refractivity contribution < 1.29 is 9.18 Å². The van der Waals surface area contributed by atoms with Crippen LogP contribution in [0, 0.1) is 5.82 Å². The number of rotatable bonds is 3. The van der Waals surface area contributed by atoms with Gasteiger partial charge in [-0.3, -0.25) is 4.79 Å². The molecule has 0 aliphatic heterocycles. The van der Waals surface area contributed by atoms with Gasteiger partial charge in [0.05, 0.1) is 12.1 Å². The second-order valence-electron chi connectivity index (χ2n) is 3.86. The molecule has 0 saturated heterocycles. The Hall–Kier alpha value is -1.20. The molecule has 0 aliphatic rings. The van der Waals surface area contributed by atoms with Crippen LogP contribution in [0.4, 0.5) is 4.39 Å². The number of thiophene rings is 1. The monoisotopic (exact) mass is 327 g/mol. The summed E-state index contributed by atoms with van der Waals surface area (Å²) in [6.07, 6.45) is 0. The first kappa shape index (κ1) is 13.2. The highest BCUT2D eigenvalue weighted by Crippen LogP contribution is 2.20. The molecule has 1 aromatic heterocycles. The van der Waals surface area contributed by atoms with E-state index in [1.807, 2.05) is 17.5 Å². The molecule has 94 valence electrons. The molecule has 18 heavy (non-hydrogen) atoms. The SMILES string of the molecule is CN(Cc1cccs1)C(=O)c1ccc(F)cc1Br. The van der Waals surface area contributed by atoms with Crippen molar-refractivity contribution in [2.24, 2.45) is 0 Å². The van der Waals surface area contributed by atoms with E-state index in [0.29, 0.717) is 16.6 Å². The molecule has 1 aromatic carbocycles. The maximum absolute atomic E-state index is 13.0. The van der Waals surface area contributed by atoms with Crippen LogP contribution in [0.1, 0.15) is 15.2 Å². The Balaban J connectivity index is 2.15. The van der Waals surface area contributed by atoms with Crippen LogP contribution in [0.3, 0.4) is 0 Å². The van der Waals surface area contributed by atoms with Crippen LogP contribution < -0.4 is 0 Å². The van der Waals surface area contributed by atoms with Crippen molar-refractivity contribution in [1.29, 1.82) is 0 Å². The van der Waals surface area contributed by atoms with Crippen molar-refractivity contribution in [2.75, 3.05) is 7.05 Å². The van der Waals surface area contributed by atoms with Crippen LogP contribution in [0.2, 0.25) is 0 Å². The average molecular weight is 328 g/mol. The Kier molecular flexibility index (Phi) is 4.14. The van der Waals surface area contributed by atoms with E-state index in [0.717, 1.165) is 4.88 Å². The Morgan fingerprint density at radius 1 is 1.44 bits per heavy atom. The maximum Gasteiger partial charge on any atom is 0.255 e. The minimum Gasteiger partial charge on any atom is -0.337 e. The van der Waals surface area contributed by atoms with E-state index < -0.39 is 0 Å². The fourth-order valence-electron chi connectivity index (χ4n) is 1.58. The predicted octanol–water partition coefficient (Wildman–Crippen LogP) is 3.92. The minimum absolute atomic E-state index is 0.129. The number of carbonyl (C=O) groups excluding carboxylic acids is 1. The van der Waals surface area contributed by atoms with E-state index in [2.05, 4.69) is 15.9 Å². The van der Waals surface area contributed by atoms with Gasteiger partial charge >= 0.3 is 0 Å². The molecule has 0 radical (unpaired) electrons. The van der Waals surface area contributed by atoms with Gasteiger partial charge < -0.3 is 4.90 Å². The van der Waals surface area contributed by atoms with Crippen molar-refractivity contribution >= 4 is 33.2 Å². The number of halogens is 2. The summed E-state index contributed by atoms with van der Waals surface area (Å²) in [5.74, 6) is -0.491. The highest BCUT2D eigenvalue weighted by atomic mass is 79.9. The molecule has 0 spiro atoms. The molecule has 2 aromatic rings. The molecule has 1 heterocycles. The second-order valence-corrected chi connectivity index (χ2v) is 5.75. The molecule has 0 atom stereocenters. The normalized spacial score (nSPS) is 10.4. The summed E-state index contributed by atoms with van der Waals surface area (Å²) >= 11 is 4.81. The van der Waals surface area contributed by atoms with Gasteiger partial charge in [-0.05, 0) is 45.6 Å². The first-order valence-electron chi connectivity index (χ1n) is 5.31. The van der Waals surface area contributed by atoms with E-state index in [9.17, 15) is 9.18 Å². The highest BCUT2D eigenvalue weighted by molar-refractivity contribution is 9.10. The van der Waals surface area contributed by atoms with Crippen LogP contribution in [0.25, 0.3) is 0 Å².